The summed E-state index contributed by atoms with van der Waals surface area (Å²) in [5.74, 6) is 0. The second-order valence-corrected chi connectivity index (χ2v) is 6.14. The van der Waals surface area contributed by atoms with E-state index in [1.807, 2.05) is 0 Å². The summed E-state index contributed by atoms with van der Waals surface area (Å²) in [6, 6.07) is 9.19. The lowest BCUT2D eigenvalue weighted by Gasteiger charge is -2.51. The first kappa shape index (κ1) is 13.0. The van der Waals surface area contributed by atoms with Crippen LogP contribution in [0.25, 0.3) is 0 Å². The zero-order valence-corrected chi connectivity index (χ0v) is 12.1. The normalized spacial score (nSPS) is 22.7. The van der Waals surface area contributed by atoms with Crippen molar-refractivity contribution in [2.24, 2.45) is 0 Å². The van der Waals surface area contributed by atoms with E-state index in [9.17, 15) is 0 Å². The van der Waals surface area contributed by atoms with Crippen molar-refractivity contribution in [2.75, 3.05) is 24.5 Å². The molecule has 2 nitrogen and oxygen atoms in total. The average Bonchev–Trinajstić information content (AvgIpc) is 2.49. The molecule has 1 aromatic rings. The van der Waals surface area contributed by atoms with Crippen LogP contribution in [0.15, 0.2) is 24.3 Å². The third-order valence-electron chi connectivity index (χ3n) is 4.95. The monoisotopic (exact) mass is 258 g/mol. The molecule has 2 heteroatoms. The first-order valence-electron chi connectivity index (χ1n) is 7.91. The fourth-order valence-corrected chi connectivity index (χ4v) is 3.85. The van der Waals surface area contributed by atoms with Crippen LogP contribution in [0.3, 0.4) is 0 Å². The first-order chi connectivity index (χ1) is 9.34. The van der Waals surface area contributed by atoms with E-state index in [2.05, 4.69) is 41.4 Å². The maximum absolute atomic E-state index is 3.63. The number of nitrogens with one attached hydrogen (secondary N) is 1. The number of hydrogen-bond donors (Lipinski definition) is 1. The van der Waals surface area contributed by atoms with Gasteiger partial charge < -0.3 is 10.2 Å². The molecule has 0 radical (unpaired) electrons. The molecular weight excluding hydrogens is 232 g/mol. The number of piperazine rings is 1. The lowest BCUT2D eigenvalue weighted by atomic mass is 9.78. The van der Waals surface area contributed by atoms with Gasteiger partial charge >= 0.3 is 0 Å². The number of hydrogen-bond acceptors (Lipinski definition) is 2. The Kier molecular flexibility index (Phi) is 3.79. The quantitative estimate of drug-likeness (QED) is 0.875. The standard InChI is InChI=1S/C17H26N2/c1-2-15-7-6-8-16(13-15)19-12-11-18-14-17(19)9-4-3-5-10-17/h6-8,13,18H,2-5,9-12,14H2,1H3. The molecule has 2 aliphatic rings. The van der Waals surface area contributed by atoms with Crippen molar-refractivity contribution in [3.8, 4) is 0 Å². The van der Waals surface area contributed by atoms with Gasteiger partial charge in [0.1, 0.15) is 0 Å². The molecule has 1 aliphatic carbocycles. The van der Waals surface area contributed by atoms with E-state index in [0.717, 1.165) is 19.5 Å². The summed E-state index contributed by atoms with van der Waals surface area (Å²) in [5, 5.41) is 3.63. The highest BCUT2D eigenvalue weighted by Crippen LogP contribution is 2.37. The Morgan fingerprint density at radius 1 is 1.21 bits per heavy atom. The lowest BCUT2D eigenvalue weighted by molar-refractivity contribution is 0.241. The van der Waals surface area contributed by atoms with Crippen molar-refractivity contribution in [1.82, 2.24) is 5.32 Å². The molecule has 0 aromatic heterocycles. The van der Waals surface area contributed by atoms with Gasteiger partial charge in [0.15, 0.2) is 0 Å². The molecule has 1 aromatic carbocycles. The second-order valence-electron chi connectivity index (χ2n) is 6.14. The predicted molar refractivity (Wildman–Crippen MR) is 81.9 cm³/mol. The number of aryl methyl sites for hydroxylation is 1. The Morgan fingerprint density at radius 3 is 2.84 bits per heavy atom. The maximum Gasteiger partial charge on any atom is 0.0526 e. The largest absolute Gasteiger partial charge is 0.363 e. The predicted octanol–water partition coefficient (Wildman–Crippen LogP) is 3.36. The van der Waals surface area contributed by atoms with Crippen molar-refractivity contribution in [3.63, 3.8) is 0 Å². The van der Waals surface area contributed by atoms with Crippen LogP contribution in [-0.2, 0) is 6.42 Å². The summed E-state index contributed by atoms with van der Waals surface area (Å²) in [6.07, 6.45) is 8.06. The molecule has 1 spiro atoms. The Hall–Kier alpha value is -1.02. The van der Waals surface area contributed by atoms with Gasteiger partial charge in [0.25, 0.3) is 0 Å². The van der Waals surface area contributed by atoms with E-state index in [1.165, 1.54) is 49.9 Å². The summed E-state index contributed by atoms with van der Waals surface area (Å²) < 4.78 is 0. The van der Waals surface area contributed by atoms with Gasteiger partial charge in [-0.1, -0.05) is 38.3 Å². The van der Waals surface area contributed by atoms with Crippen molar-refractivity contribution >= 4 is 5.69 Å². The molecule has 1 N–H and O–H groups in total. The molecule has 3 rings (SSSR count). The molecule has 1 saturated carbocycles. The minimum absolute atomic E-state index is 0.392. The highest BCUT2D eigenvalue weighted by atomic mass is 15.3. The smallest absolute Gasteiger partial charge is 0.0526 e. The molecule has 2 fully saturated rings. The summed E-state index contributed by atoms with van der Waals surface area (Å²) in [7, 11) is 0. The summed E-state index contributed by atoms with van der Waals surface area (Å²) in [5.41, 5.74) is 3.30. The van der Waals surface area contributed by atoms with Crippen LogP contribution >= 0.6 is 0 Å². The third kappa shape index (κ3) is 2.51. The summed E-state index contributed by atoms with van der Waals surface area (Å²) in [4.78, 5) is 2.71. The van der Waals surface area contributed by atoms with E-state index < -0.39 is 0 Å². The minimum Gasteiger partial charge on any atom is -0.363 e. The van der Waals surface area contributed by atoms with Crippen LogP contribution in [0.5, 0.6) is 0 Å². The van der Waals surface area contributed by atoms with Gasteiger partial charge in [0.2, 0.25) is 0 Å². The summed E-state index contributed by atoms with van der Waals surface area (Å²) in [6.45, 7) is 5.70. The van der Waals surface area contributed by atoms with Crippen LogP contribution in [0.4, 0.5) is 5.69 Å². The van der Waals surface area contributed by atoms with E-state index in [1.54, 1.807) is 0 Å². The van der Waals surface area contributed by atoms with E-state index >= 15 is 0 Å². The molecule has 1 heterocycles. The molecule has 0 unspecified atom stereocenters. The van der Waals surface area contributed by atoms with Crippen molar-refractivity contribution in [3.05, 3.63) is 29.8 Å². The topological polar surface area (TPSA) is 15.3 Å². The average molecular weight is 258 g/mol. The molecule has 0 bridgehead atoms. The molecule has 19 heavy (non-hydrogen) atoms. The van der Waals surface area contributed by atoms with Crippen molar-refractivity contribution in [1.29, 1.82) is 0 Å². The van der Waals surface area contributed by atoms with Gasteiger partial charge in [0.05, 0.1) is 5.54 Å². The third-order valence-corrected chi connectivity index (χ3v) is 4.95. The van der Waals surface area contributed by atoms with Gasteiger partial charge in [-0.25, -0.2) is 0 Å². The SMILES string of the molecule is CCc1cccc(N2CCNCC23CCCCC3)c1. The van der Waals surface area contributed by atoms with Crippen LogP contribution in [-0.4, -0.2) is 25.2 Å². The van der Waals surface area contributed by atoms with E-state index in [4.69, 9.17) is 0 Å². The molecule has 1 saturated heterocycles. The Balaban J connectivity index is 1.90. The van der Waals surface area contributed by atoms with E-state index in [-0.39, 0.29) is 0 Å². The van der Waals surface area contributed by atoms with Gasteiger partial charge in [-0.05, 0) is 37.0 Å². The number of nitrogens with zero attached hydrogens (tertiary/aromatic N) is 1. The molecular formula is C17H26N2. The molecule has 0 amide bonds. The van der Waals surface area contributed by atoms with Crippen LogP contribution in [0.2, 0.25) is 0 Å². The van der Waals surface area contributed by atoms with Crippen molar-refractivity contribution in [2.45, 2.75) is 51.0 Å². The Labute approximate surface area is 117 Å². The van der Waals surface area contributed by atoms with Gasteiger partial charge in [0, 0.05) is 25.3 Å². The van der Waals surface area contributed by atoms with Crippen molar-refractivity contribution < 1.29 is 0 Å². The number of rotatable bonds is 2. The highest BCUT2D eigenvalue weighted by molar-refractivity contribution is 5.52. The Bertz CT molecular complexity index is 413. The zero-order chi connectivity index (χ0) is 13.1. The number of anilines is 1. The number of benzene rings is 1. The van der Waals surface area contributed by atoms with Crippen LogP contribution in [0.1, 0.15) is 44.6 Å². The van der Waals surface area contributed by atoms with Crippen LogP contribution in [0, 0.1) is 0 Å². The molecule has 0 atom stereocenters. The fraction of sp³-hybridized carbons (Fsp3) is 0.647. The zero-order valence-electron chi connectivity index (χ0n) is 12.1. The van der Waals surface area contributed by atoms with E-state index in [0.29, 0.717) is 5.54 Å². The lowest BCUT2D eigenvalue weighted by Crippen LogP contribution is -2.62. The van der Waals surface area contributed by atoms with Gasteiger partial charge in [-0.3, -0.25) is 0 Å². The first-order valence-corrected chi connectivity index (χ1v) is 7.91. The minimum atomic E-state index is 0.392. The molecule has 104 valence electrons. The summed E-state index contributed by atoms with van der Waals surface area (Å²) >= 11 is 0. The molecule has 1 aliphatic heterocycles. The fourth-order valence-electron chi connectivity index (χ4n) is 3.85. The Morgan fingerprint density at radius 2 is 2.05 bits per heavy atom. The van der Waals surface area contributed by atoms with Gasteiger partial charge in [-0.2, -0.15) is 0 Å². The van der Waals surface area contributed by atoms with Gasteiger partial charge in [-0.15, -0.1) is 0 Å². The highest BCUT2D eigenvalue weighted by Gasteiger charge is 2.39. The van der Waals surface area contributed by atoms with Crippen LogP contribution < -0.4 is 10.2 Å². The maximum atomic E-state index is 3.63. The second kappa shape index (κ2) is 5.54.